The number of benzene rings is 1. The lowest BCUT2D eigenvalue weighted by molar-refractivity contribution is 0.0954. The van der Waals surface area contributed by atoms with Gasteiger partial charge in [-0.15, -0.1) is 11.3 Å². The summed E-state index contributed by atoms with van der Waals surface area (Å²) in [6, 6.07) is 8.51. The Balaban J connectivity index is 1.26. The van der Waals surface area contributed by atoms with Gasteiger partial charge in [0.1, 0.15) is 10.7 Å². The van der Waals surface area contributed by atoms with Crippen LogP contribution in [0.5, 0.6) is 0 Å². The summed E-state index contributed by atoms with van der Waals surface area (Å²) in [5, 5.41) is 3.62. The average Bonchev–Trinajstić information content (AvgIpc) is 3.39. The predicted octanol–water partition coefficient (Wildman–Crippen LogP) is 3.63. The largest absolute Gasteiger partial charge is 0.347 e. The van der Waals surface area contributed by atoms with Crippen molar-refractivity contribution in [2.45, 2.75) is 58.7 Å². The van der Waals surface area contributed by atoms with Crippen molar-refractivity contribution < 1.29 is 4.79 Å². The molecule has 162 valence electrons. The molecule has 3 aromatic rings. The predicted molar refractivity (Wildman–Crippen MR) is 124 cm³/mol. The van der Waals surface area contributed by atoms with Crippen LogP contribution in [0.3, 0.4) is 0 Å². The van der Waals surface area contributed by atoms with E-state index in [2.05, 4.69) is 39.5 Å². The highest BCUT2D eigenvalue weighted by atomic mass is 32.1. The van der Waals surface area contributed by atoms with Crippen LogP contribution >= 0.6 is 11.3 Å². The van der Waals surface area contributed by atoms with Crippen LogP contribution in [0.15, 0.2) is 29.1 Å². The number of amides is 1. The fourth-order valence-electron chi connectivity index (χ4n) is 4.69. The van der Waals surface area contributed by atoms with Gasteiger partial charge in [0.05, 0.1) is 10.3 Å². The second kappa shape index (κ2) is 8.55. The lowest BCUT2D eigenvalue weighted by Crippen LogP contribution is -2.29. The average molecular weight is 437 g/mol. The van der Waals surface area contributed by atoms with Crippen LogP contribution in [0.2, 0.25) is 0 Å². The van der Waals surface area contributed by atoms with Crippen molar-refractivity contribution in [3.8, 4) is 0 Å². The molecule has 2 aromatic heterocycles. The van der Waals surface area contributed by atoms with Gasteiger partial charge in [0, 0.05) is 26.1 Å². The zero-order valence-electron chi connectivity index (χ0n) is 17.9. The summed E-state index contributed by atoms with van der Waals surface area (Å²) in [5.41, 5.74) is 3.13. The molecule has 1 fully saturated rings. The zero-order chi connectivity index (χ0) is 21.4. The Labute approximate surface area is 185 Å². The Bertz CT molecular complexity index is 1170. The molecule has 0 saturated carbocycles. The Morgan fingerprint density at radius 2 is 1.81 bits per heavy atom. The van der Waals surface area contributed by atoms with Crippen molar-refractivity contribution in [2.24, 2.45) is 0 Å². The normalized spacial score (nSPS) is 16.5. The van der Waals surface area contributed by atoms with E-state index in [1.54, 1.807) is 4.57 Å². The zero-order valence-corrected chi connectivity index (χ0v) is 18.8. The molecule has 7 heteroatoms. The Morgan fingerprint density at radius 1 is 1.06 bits per heavy atom. The van der Waals surface area contributed by atoms with Crippen LogP contribution in [0.25, 0.3) is 10.2 Å². The van der Waals surface area contributed by atoms with Crippen molar-refractivity contribution in [3.63, 3.8) is 0 Å². The molecule has 5 rings (SSSR count). The van der Waals surface area contributed by atoms with E-state index in [-0.39, 0.29) is 11.5 Å². The minimum Gasteiger partial charge on any atom is -0.347 e. The maximum Gasteiger partial charge on any atom is 0.262 e. The highest BCUT2D eigenvalue weighted by Crippen LogP contribution is 2.28. The second-order valence-electron chi connectivity index (χ2n) is 8.66. The minimum atomic E-state index is -0.137. The van der Waals surface area contributed by atoms with Crippen molar-refractivity contribution in [3.05, 3.63) is 62.0 Å². The van der Waals surface area contributed by atoms with Crippen LogP contribution in [0, 0.1) is 6.92 Å². The van der Waals surface area contributed by atoms with E-state index in [1.165, 1.54) is 49.3 Å². The van der Waals surface area contributed by atoms with Gasteiger partial charge >= 0.3 is 0 Å². The Hall–Kier alpha value is -2.51. The molecule has 2 aliphatic rings. The topological polar surface area (TPSA) is 67.2 Å². The molecule has 0 spiro atoms. The Morgan fingerprint density at radius 3 is 2.58 bits per heavy atom. The molecule has 4 heterocycles. The summed E-state index contributed by atoms with van der Waals surface area (Å²) in [7, 11) is 0. The molecule has 0 radical (unpaired) electrons. The number of nitrogens with one attached hydrogen (secondary N) is 1. The molecule has 0 aliphatic carbocycles. The number of thiophene rings is 1. The lowest BCUT2D eigenvalue weighted by Gasteiger charge is -2.26. The highest BCUT2D eigenvalue weighted by Gasteiger charge is 2.23. The van der Waals surface area contributed by atoms with Gasteiger partial charge in [-0.2, -0.15) is 0 Å². The Kier molecular flexibility index (Phi) is 5.63. The van der Waals surface area contributed by atoms with E-state index in [0.717, 1.165) is 42.9 Å². The van der Waals surface area contributed by atoms with E-state index in [1.807, 2.05) is 6.92 Å². The van der Waals surface area contributed by atoms with Gasteiger partial charge in [-0.3, -0.25) is 19.1 Å². The first kappa shape index (κ1) is 20.4. The van der Waals surface area contributed by atoms with Crippen molar-refractivity contribution >= 4 is 27.5 Å². The summed E-state index contributed by atoms with van der Waals surface area (Å²) in [6.45, 7) is 6.43. The number of piperidine rings is 1. The summed E-state index contributed by atoms with van der Waals surface area (Å²) < 4.78 is 1.76. The van der Waals surface area contributed by atoms with Crippen LogP contribution < -0.4 is 10.9 Å². The first-order valence-corrected chi connectivity index (χ1v) is 12.0. The number of hydrogen-bond donors (Lipinski definition) is 1. The van der Waals surface area contributed by atoms with Gasteiger partial charge in [-0.25, -0.2) is 4.98 Å². The van der Waals surface area contributed by atoms with Gasteiger partial charge in [-0.05, 0) is 56.0 Å². The van der Waals surface area contributed by atoms with E-state index >= 15 is 0 Å². The van der Waals surface area contributed by atoms with Crippen LogP contribution in [0.4, 0.5) is 0 Å². The van der Waals surface area contributed by atoms with Gasteiger partial charge in [-0.1, -0.05) is 30.7 Å². The number of hydrogen-bond acceptors (Lipinski definition) is 5. The number of rotatable bonds is 5. The third-order valence-electron chi connectivity index (χ3n) is 6.45. The fraction of sp³-hybridized carbons (Fsp3) is 0.458. The summed E-state index contributed by atoms with van der Waals surface area (Å²) >= 11 is 1.33. The van der Waals surface area contributed by atoms with Crippen LogP contribution in [-0.2, 0) is 26.1 Å². The van der Waals surface area contributed by atoms with Crippen molar-refractivity contribution in [1.29, 1.82) is 0 Å². The van der Waals surface area contributed by atoms with Crippen LogP contribution in [-0.4, -0.2) is 33.4 Å². The molecule has 1 saturated heterocycles. The molecule has 2 aliphatic heterocycles. The quantitative estimate of drug-likeness (QED) is 0.663. The number of likely N-dealkylation sites (tertiary alicyclic amines) is 1. The van der Waals surface area contributed by atoms with Gasteiger partial charge in [0.25, 0.3) is 11.5 Å². The maximum atomic E-state index is 12.9. The monoisotopic (exact) mass is 436 g/mol. The molecule has 1 aromatic carbocycles. The summed E-state index contributed by atoms with van der Waals surface area (Å²) in [6.07, 6.45) is 5.74. The SMILES string of the molecule is Cc1c(C(=O)NCc2ccc(CN3CCCCC3)cc2)sc2nc3n(c(=O)c12)CCC3. The first-order chi connectivity index (χ1) is 15.1. The second-order valence-corrected chi connectivity index (χ2v) is 9.66. The van der Waals surface area contributed by atoms with Crippen LogP contribution in [0.1, 0.15) is 57.9 Å². The van der Waals surface area contributed by atoms with E-state index in [4.69, 9.17) is 0 Å². The minimum absolute atomic E-state index is 0.00501. The molecule has 1 amide bonds. The molecule has 31 heavy (non-hydrogen) atoms. The van der Waals surface area contributed by atoms with E-state index in [0.29, 0.717) is 21.6 Å². The molecule has 1 N–H and O–H groups in total. The summed E-state index contributed by atoms with van der Waals surface area (Å²) in [5.74, 6) is 0.706. The van der Waals surface area contributed by atoms with E-state index < -0.39 is 0 Å². The molecule has 6 nitrogen and oxygen atoms in total. The maximum absolute atomic E-state index is 12.9. The number of nitrogens with zero attached hydrogens (tertiary/aromatic N) is 3. The smallest absolute Gasteiger partial charge is 0.262 e. The van der Waals surface area contributed by atoms with Gasteiger partial charge in [0.15, 0.2) is 0 Å². The molecule has 0 bridgehead atoms. The number of fused-ring (bicyclic) bond motifs is 2. The van der Waals surface area contributed by atoms with Crippen molar-refractivity contribution in [2.75, 3.05) is 13.1 Å². The molecule has 0 atom stereocenters. The number of aryl methyl sites for hydroxylation is 2. The third kappa shape index (κ3) is 4.04. The fourth-order valence-corrected chi connectivity index (χ4v) is 5.80. The molecular formula is C24H28N4O2S. The summed E-state index contributed by atoms with van der Waals surface area (Å²) in [4.78, 5) is 34.1. The highest BCUT2D eigenvalue weighted by molar-refractivity contribution is 7.20. The van der Waals surface area contributed by atoms with Gasteiger partial charge in [0.2, 0.25) is 0 Å². The number of carbonyl (C=O) groups is 1. The lowest BCUT2D eigenvalue weighted by atomic mass is 10.1. The van der Waals surface area contributed by atoms with Crippen molar-refractivity contribution in [1.82, 2.24) is 19.8 Å². The molecule has 0 unspecified atom stereocenters. The number of carbonyl (C=O) groups excluding carboxylic acids is 1. The van der Waals surface area contributed by atoms with E-state index in [9.17, 15) is 9.59 Å². The number of aromatic nitrogens is 2. The molecular weight excluding hydrogens is 408 g/mol. The standard InChI is InChI=1S/C24H28N4O2S/c1-16-20-23(26-19-6-5-13-28(19)24(20)30)31-21(16)22(29)25-14-17-7-9-18(10-8-17)15-27-11-3-2-4-12-27/h7-10H,2-6,11-15H2,1H3,(H,25,29). The third-order valence-corrected chi connectivity index (χ3v) is 7.63. The van der Waals surface area contributed by atoms with Gasteiger partial charge < -0.3 is 5.32 Å². The first-order valence-electron chi connectivity index (χ1n) is 11.2.